The van der Waals surface area contributed by atoms with Gasteiger partial charge in [-0.2, -0.15) is 11.8 Å². The zero-order chi connectivity index (χ0) is 14.5. The van der Waals surface area contributed by atoms with Crippen molar-refractivity contribution in [2.75, 3.05) is 24.7 Å². The maximum absolute atomic E-state index is 12.1. The van der Waals surface area contributed by atoms with Gasteiger partial charge in [0.15, 0.2) is 0 Å². The van der Waals surface area contributed by atoms with E-state index in [0.29, 0.717) is 17.4 Å². The van der Waals surface area contributed by atoms with Crippen molar-refractivity contribution in [3.8, 4) is 0 Å². The zero-order valence-electron chi connectivity index (χ0n) is 12.3. The van der Waals surface area contributed by atoms with Crippen LogP contribution in [0.3, 0.4) is 0 Å². The van der Waals surface area contributed by atoms with Crippen molar-refractivity contribution >= 4 is 29.1 Å². The van der Waals surface area contributed by atoms with E-state index in [-0.39, 0.29) is 12.0 Å². The summed E-state index contributed by atoms with van der Waals surface area (Å²) in [6.45, 7) is 7.53. The Kier molecular flexibility index (Phi) is 5.86. The summed E-state index contributed by atoms with van der Waals surface area (Å²) in [5.41, 5.74) is 0.899. The lowest BCUT2D eigenvalue weighted by Crippen LogP contribution is -2.30. The van der Waals surface area contributed by atoms with Gasteiger partial charge in [-0.1, -0.05) is 13.8 Å². The predicted molar refractivity (Wildman–Crippen MR) is 84.7 cm³/mol. The molecule has 1 atom stereocenters. The normalized spacial score (nSPS) is 19.3. The summed E-state index contributed by atoms with van der Waals surface area (Å²) in [5.74, 6) is 2.42. The van der Waals surface area contributed by atoms with Crippen LogP contribution in [-0.4, -0.2) is 35.6 Å². The molecule has 1 aromatic rings. The van der Waals surface area contributed by atoms with E-state index in [1.165, 1.54) is 11.3 Å². The van der Waals surface area contributed by atoms with Crippen LogP contribution in [0.4, 0.5) is 0 Å². The van der Waals surface area contributed by atoms with E-state index in [4.69, 9.17) is 9.72 Å². The number of esters is 1. The summed E-state index contributed by atoms with van der Waals surface area (Å²) in [5, 5.41) is 4.50. The van der Waals surface area contributed by atoms with Crippen LogP contribution in [0.5, 0.6) is 0 Å². The van der Waals surface area contributed by atoms with Crippen LogP contribution in [0, 0.1) is 5.92 Å². The smallest absolute Gasteiger partial charge is 0.350 e. The molecule has 1 aliphatic rings. The summed E-state index contributed by atoms with van der Waals surface area (Å²) in [4.78, 5) is 17.5. The highest BCUT2D eigenvalue weighted by Crippen LogP contribution is 2.29. The molecule has 2 heterocycles. The first kappa shape index (κ1) is 15.8. The standard InChI is InChI=1S/C14H22N2O2S2/c1-4-18-14(17)12-10(7-9(2)3)16-13(20-12)11-8-19-6-5-15-11/h9,11,15H,4-8H2,1-3H3. The molecule has 0 radical (unpaired) electrons. The number of carbonyl (C=O) groups is 1. The second kappa shape index (κ2) is 7.43. The first-order valence-corrected chi connectivity index (χ1v) is 9.06. The number of rotatable bonds is 5. The number of carbonyl (C=O) groups excluding carboxylic acids is 1. The van der Waals surface area contributed by atoms with E-state index in [0.717, 1.165) is 35.2 Å². The Balaban J connectivity index is 2.23. The molecule has 6 heteroatoms. The van der Waals surface area contributed by atoms with E-state index < -0.39 is 0 Å². The van der Waals surface area contributed by atoms with Gasteiger partial charge in [-0.05, 0) is 19.3 Å². The van der Waals surface area contributed by atoms with Crippen LogP contribution in [0.1, 0.15) is 47.2 Å². The molecule has 4 nitrogen and oxygen atoms in total. The Morgan fingerprint density at radius 3 is 2.95 bits per heavy atom. The van der Waals surface area contributed by atoms with E-state index in [2.05, 4.69) is 19.2 Å². The summed E-state index contributed by atoms with van der Waals surface area (Å²) >= 11 is 3.43. The molecule has 0 aromatic carbocycles. The highest BCUT2D eigenvalue weighted by molar-refractivity contribution is 7.99. The van der Waals surface area contributed by atoms with Crippen molar-refractivity contribution in [1.29, 1.82) is 0 Å². The number of ether oxygens (including phenoxy) is 1. The fraction of sp³-hybridized carbons (Fsp3) is 0.714. The predicted octanol–water partition coefficient (Wildman–Crippen LogP) is 2.90. The SMILES string of the molecule is CCOC(=O)c1sc(C2CSCCN2)nc1CC(C)C. The van der Waals surface area contributed by atoms with Gasteiger partial charge in [-0.25, -0.2) is 9.78 Å². The third kappa shape index (κ3) is 3.96. The molecule has 0 bridgehead atoms. The van der Waals surface area contributed by atoms with E-state index in [1.54, 1.807) is 0 Å². The first-order chi connectivity index (χ1) is 9.61. The van der Waals surface area contributed by atoms with Gasteiger partial charge in [0.2, 0.25) is 0 Å². The molecule has 1 aliphatic heterocycles. The van der Waals surface area contributed by atoms with Gasteiger partial charge >= 0.3 is 5.97 Å². The quantitative estimate of drug-likeness (QED) is 0.847. The second-order valence-electron chi connectivity index (χ2n) is 5.23. The molecule has 0 aliphatic carbocycles. The molecule has 1 fully saturated rings. The number of thioether (sulfide) groups is 1. The van der Waals surface area contributed by atoms with Gasteiger partial charge in [0.1, 0.15) is 9.88 Å². The van der Waals surface area contributed by atoms with E-state index in [1.807, 2.05) is 18.7 Å². The molecule has 1 aromatic heterocycles. The Morgan fingerprint density at radius 1 is 1.55 bits per heavy atom. The summed E-state index contributed by atoms with van der Waals surface area (Å²) in [7, 11) is 0. The molecular formula is C14H22N2O2S2. The molecule has 20 heavy (non-hydrogen) atoms. The Labute approximate surface area is 128 Å². The number of hydrogen-bond donors (Lipinski definition) is 1. The average Bonchev–Trinajstić information content (AvgIpc) is 2.83. The largest absolute Gasteiger partial charge is 0.462 e. The molecule has 0 spiro atoms. The van der Waals surface area contributed by atoms with Crippen LogP contribution >= 0.6 is 23.1 Å². The number of nitrogens with one attached hydrogen (secondary N) is 1. The third-order valence-corrected chi connectivity index (χ3v) is 5.25. The highest BCUT2D eigenvalue weighted by atomic mass is 32.2. The first-order valence-electron chi connectivity index (χ1n) is 7.09. The maximum atomic E-state index is 12.1. The monoisotopic (exact) mass is 314 g/mol. The third-order valence-electron chi connectivity index (χ3n) is 3.00. The fourth-order valence-corrected chi connectivity index (χ4v) is 4.23. The van der Waals surface area contributed by atoms with Crippen LogP contribution < -0.4 is 5.32 Å². The molecule has 2 rings (SSSR count). The molecular weight excluding hydrogens is 292 g/mol. The van der Waals surface area contributed by atoms with Gasteiger partial charge in [0, 0.05) is 18.1 Å². The highest BCUT2D eigenvalue weighted by Gasteiger charge is 2.25. The zero-order valence-corrected chi connectivity index (χ0v) is 13.9. The van der Waals surface area contributed by atoms with Gasteiger partial charge in [-0.3, -0.25) is 0 Å². The molecule has 112 valence electrons. The molecule has 1 N–H and O–H groups in total. The van der Waals surface area contributed by atoms with Crippen LogP contribution in [0.2, 0.25) is 0 Å². The number of hydrogen-bond acceptors (Lipinski definition) is 6. The van der Waals surface area contributed by atoms with Crippen molar-refractivity contribution in [2.24, 2.45) is 5.92 Å². The summed E-state index contributed by atoms with van der Waals surface area (Å²) in [6, 6.07) is 0.271. The van der Waals surface area contributed by atoms with Gasteiger partial charge in [0.25, 0.3) is 0 Å². The molecule has 1 unspecified atom stereocenters. The summed E-state index contributed by atoms with van der Waals surface area (Å²) in [6.07, 6.45) is 0.824. The maximum Gasteiger partial charge on any atom is 0.350 e. The molecule has 1 saturated heterocycles. The number of nitrogens with zero attached hydrogens (tertiary/aromatic N) is 1. The van der Waals surface area contributed by atoms with Crippen LogP contribution in [-0.2, 0) is 11.2 Å². The van der Waals surface area contributed by atoms with Crippen molar-refractivity contribution < 1.29 is 9.53 Å². The van der Waals surface area contributed by atoms with Crippen molar-refractivity contribution in [3.63, 3.8) is 0 Å². The Bertz CT molecular complexity index is 454. The lowest BCUT2D eigenvalue weighted by Gasteiger charge is -2.20. The van der Waals surface area contributed by atoms with Crippen LogP contribution in [0.15, 0.2) is 0 Å². The minimum Gasteiger partial charge on any atom is -0.462 e. The fourth-order valence-electron chi connectivity index (χ4n) is 2.12. The van der Waals surface area contributed by atoms with E-state index >= 15 is 0 Å². The van der Waals surface area contributed by atoms with Crippen LogP contribution in [0.25, 0.3) is 0 Å². The summed E-state index contributed by atoms with van der Waals surface area (Å²) < 4.78 is 5.16. The average molecular weight is 314 g/mol. The number of aromatic nitrogens is 1. The Morgan fingerprint density at radius 2 is 2.35 bits per heavy atom. The second-order valence-corrected chi connectivity index (χ2v) is 7.41. The van der Waals surface area contributed by atoms with Gasteiger partial charge < -0.3 is 10.1 Å². The Hall–Kier alpha value is -0.590. The minimum absolute atomic E-state index is 0.227. The lowest BCUT2D eigenvalue weighted by molar-refractivity contribution is 0.0530. The van der Waals surface area contributed by atoms with Gasteiger partial charge in [0.05, 0.1) is 18.3 Å². The lowest BCUT2D eigenvalue weighted by atomic mass is 10.1. The topological polar surface area (TPSA) is 51.2 Å². The molecule has 0 saturated carbocycles. The van der Waals surface area contributed by atoms with Crippen molar-refractivity contribution in [2.45, 2.75) is 33.2 Å². The minimum atomic E-state index is -0.227. The van der Waals surface area contributed by atoms with Crippen molar-refractivity contribution in [1.82, 2.24) is 10.3 Å². The van der Waals surface area contributed by atoms with Gasteiger partial charge in [-0.15, -0.1) is 11.3 Å². The van der Waals surface area contributed by atoms with Crippen molar-refractivity contribution in [3.05, 3.63) is 15.6 Å². The molecule has 0 amide bonds. The van der Waals surface area contributed by atoms with E-state index in [9.17, 15) is 4.79 Å². The number of thiazole rings is 1.